The number of benzene rings is 2. The minimum Gasteiger partial charge on any atom is -0.322 e. The first-order valence-electron chi connectivity index (χ1n) is 7.69. The van der Waals surface area contributed by atoms with Gasteiger partial charge in [-0.25, -0.2) is 4.98 Å². The summed E-state index contributed by atoms with van der Waals surface area (Å²) in [7, 11) is 0. The highest BCUT2D eigenvalue weighted by Crippen LogP contribution is 2.25. The second-order valence-corrected chi connectivity index (χ2v) is 6.24. The smallest absolute Gasteiger partial charge is 0.258 e. The van der Waals surface area contributed by atoms with Crippen LogP contribution in [0.15, 0.2) is 78.0 Å². The number of anilines is 1. The van der Waals surface area contributed by atoms with Gasteiger partial charge in [0.15, 0.2) is 0 Å². The second kappa shape index (κ2) is 8.13. The molecule has 0 aliphatic heterocycles. The Hall–Kier alpha value is -3.10. The van der Waals surface area contributed by atoms with Gasteiger partial charge >= 0.3 is 0 Å². The highest BCUT2D eigenvalue weighted by atomic mass is 32.2. The molecule has 3 rings (SSSR count). The van der Waals surface area contributed by atoms with Gasteiger partial charge in [0.25, 0.3) is 5.91 Å². The first kappa shape index (κ1) is 16.7. The van der Waals surface area contributed by atoms with Gasteiger partial charge in [-0.05, 0) is 42.0 Å². The van der Waals surface area contributed by atoms with Gasteiger partial charge in [-0.15, -0.1) is 11.8 Å². The van der Waals surface area contributed by atoms with Crippen LogP contribution >= 0.6 is 11.8 Å². The number of hydrogen-bond acceptors (Lipinski definition) is 4. The number of nitrogens with zero attached hydrogens (tertiary/aromatic N) is 2. The van der Waals surface area contributed by atoms with Crippen LogP contribution in [0.2, 0.25) is 0 Å². The van der Waals surface area contributed by atoms with Gasteiger partial charge in [-0.1, -0.05) is 30.3 Å². The molecule has 0 saturated carbocycles. The average Bonchev–Trinajstić information content (AvgIpc) is 2.68. The van der Waals surface area contributed by atoms with Crippen molar-refractivity contribution in [3.05, 3.63) is 89.6 Å². The Kier molecular flexibility index (Phi) is 5.45. The fraction of sp³-hybridized carbons (Fsp3) is 0.0500. The fourth-order valence-electron chi connectivity index (χ4n) is 2.23. The van der Waals surface area contributed by atoms with E-state index in [9.17, 15) is 4.79 Å². The Morgan fingerprint density at radius 3 is 2.52 bits per heavy atom. The van der Waals surface area contributed by atoms with Crippen LogP contribution < -0.4 is 5.32 Å². The molecule has 2 aromatic carbocycles. The number of rotatable bonds is 5. The van der Waals surface area contributed by atoms with E-state index in [-0.39, 0.29) is 5.91 Å². The van der Waals surface area contributed by atoms with E-state index in [1.54, 1.807) is 42.6 Å². The normalized spacial score (nSPS) is 10.0. The van der Waals surface area contributed by atoms with Gasteiger partial charge in [-0.3, -0.25) is 4.79 Å². The van der Waals surface area contributed by atoms with Crippen LogP contribution in [0.1, 0.15) is 21.5 Å². The molecule has 0 unspecified atom stereocenters. The number of nitrogens with one attached hydrogen (secondary N) is 1. The Labute approximate surface area is 150 Å². The highest BCUT2D eigenvalue weighted by molar-refractivity contribution is 7.98. The number of aromatic nitrogens is 1. The molecule has 1 amide bonds. The quantitative estimate of drug-likeness (QED) is 0.692. The van der Waals surface area contributed by atoms with Gasteiger partial charge in [-0.2, -0.15) is 5.26 Å². The predicted molar refractivity (Wildman–Crippen MR) is 99.4 cm³/mol. The van der Waals surface area contributed by atoms with Crippen molar-refractivity contribution in [1.82, 2.24) is 4.98 Å². The summed E-state index contributed by atoms with van der Waals surface area (Å²) in [5.74, 6) is 0.531. The maximum absolute atomic E-state index is 12.6. The van der Waals surface area contributed by atoms with E-state index in [4.69, 9.17) is 5.26 Å². The summed E-state index contributed by atoms with van der Waals surface area (Å²) < 4.78 is 0. The second-order valence-electron chi connectivity index (χ2n) is 5.27. The first-order chi connectivity index (χ1) is 12.3. The molecule has 0 atom stereocenters. The Bertz CT molecular complexity index is 902. The number of hydrogen-bond donors (Lipinski definition) is 1. The Morgan fingerprint density at radius 2 is 1.80 bits per heavy atom. The average molecular weight is 345 g/mol. The monoisotopic (exact) mass is 345 g/mol. The minimum absolute atomic E-state index is 0.214. The number of thioether (sulfide) groups is 1. The molecule has 1 N–H and O–H groups in total. The van der Waals surface area contributed by atoms with Crippen LogP contribution in [-0.2, 0) is 5.75 Å². The van der Waals surface area contributed by atoms with Gasteiger partial charge in [0, 0.05) is 17.6 Å². The van der Waals surface area contributed by atoms with Crippen molar-refractivity contribution >= 4 is 23.4 Å². The molecule has 122 valence electrons. The molecule has 0 aliphatic carbocycles. The summed E-state index contributed by atoms with van der Waals surface area (Å²) >= 11 is 1.53. The van der Waals surface area contributed by atoms with E-state index in [2.05, 4.69) is 16.4 Å². The third-order valence-electron chi connectivity index (χ3n) is 3.51. The van der Waals surface area contributed by atoms with Crippen molar-refractivity contribution in [3.8, 4) is 6.07 Å². The zero-order chi connectivity index (χ0) is 17.5. The molecule has 4 nitrogen and oxygen atoms in total. The van der Waals surface area contributed by atoms with E-state index in [0.717, 1.165) is 5.75 Å². The highest BCUT2D eigenvalue weighted by Gasteiger charge is 2.13. The molecule has 0 bridgehead atoms. The van der Waals surface area contributed by atoms with E-state index in [0.29, 0.717) is 21.8 Å². The summed E-state index contributed by atoms with van der Waals surface area (Å²) in [6.45, 7) is 0. The predicted octanol–water partition coefficient (Wildman–Crippen LogP) is 4.50. The molecule has 25 heavy (non-hydrogen) atoms. The lowest BCUT2D eigenvalue weighted by molar-refractivity contribution is 0.102. The summed E-state index contributed by atoms with van der Waals surface area (Å²) in [4.78, 5) is 16.9. The standard InChI is InChI=1S/C20H15N3OS/c21-13-15-8-10-17(11-9-15)23-19(24)18-7-4-12-22-20(18)25-14-16-5-2-1-3-6-16/h1-12H,14H2,(H,23,24). The fourth-order valence-corrected chi connectivity index (χ4v) is 3.18. The molecular formula is C20H15N3OS. The van der Waals surface area contributed by atoms with Crippen molar-refractivity contribution in [2.75, 3.05) is 5.32 Å². The SMILES string of the molecule is N#Cc1ccc(NC(=O)c2cccnc2SCc2ccccc2)cc1. The summed E-state index contributed by atoms with van der Waals surface area (Å²) in [6.07, 6.45) is 1.69. The number of pyridine rings is 1. The Morgan fingerprint density at radius 1 is 1.04 bits per heavy atom. The van der Waals surface area contributed by atoms with E-state index < -0.39 is 0 Å². The first-order valence-corrected chi connectivity index (χ1v) is 8.68. The van der Waals surface area contributed by atoms with E-state index in [1.165, 1.54) is 17.3 Å². The van der Waals surface area contributed by atoms with E-state index >= 15 is 0 Å². The molecule has 0 saturated heterocycles. The zero-order valence-electron chi connectivity index (χ0n) is 13.3. The number of amides is 1. The van der Waals surface area contributed by atoms with Gasteiger partial charge in [0.1, 0.15) is 5.03 Å². The van der Waals surface area contributed by atoms with Crippen LogP contribution in [0.5, 0.6) is 0 Å². The molecule has 0 spiro atoms. The summed E-state index contributed by atoms with van der Waals surface area (Å²) in [5.41, 5.74) is 2.91. The molecule has 0 aliphatic rings. The third kappa shape index (κ3) is 4.46. The lowest BCUT2D eigenvalue weighted by Gasteiger charge is -2.09. The third-order valence-corrected chi connectivity index (χ3v) is 4.58. The van der Waals surface area contributed by atoms with Crippen LogP contribution in [0.3, 0.4) is 0 Å². The molecule has 1 heterocycles. The van der Waals surface area contributed by atoms with Crippen LogP contribution in [-0.4, -0.2) is 10.9 Å². The maximum atomic E-state index is 12.6. The molecule has 5 heteroatoms. The van der Waals surface area contributed by atoms with Gasteiger partial charge in [0.05, 0.1) is 17.2 Å². The summed E-state index contributed by atoms with van der Waals surface area (Å²) in [6, 6.07) is 22.4. The van der Waals surface area contributed by atoms with Gasteiger partial charge in [0.2, 0.25) is 0 Å². The van der Waals surface area contributed by atoms with Crippen molar-refractivity contribution in [1.29, 1.82) is 5.26 Å². The Balaban J connectivity index is 1.72. The van der Waals surface area contributed by atoms with Crippen LogP contribution in [0.25, 0.3) is 0 Å². The minimum atomic E-state index is -0.214. The number of carbonyl (C=O) groups excluding carboxylic acids is 1. The molecule has 0 fully saturated rings. The van der Waals surface area contributed by atoms with Crippen LogP contribution in [0.4, 0.5) is 5.69 Å². The molecule has 3 aromatic rings. The number of carbonyl (C=O) groups is 1. The molecule has 0 radical (unpaired) electrons. The maximum Gasteiger partial charge on any atom is 0.258 e. The van der Waals surface area contributed by atoms with Crippen molar-refractivity contribution < 1.29 is 4.79 Å². The van der Waals surface area contributed by atoms with Gasteiger partial charge < -0.3 is 5.32 Å². The number of nitriles is 1. The van der Waals surface area contributed by atoms with Crippen LogP contribution in [0, 0.1) is 11.3 Å². The molecular weight excluding hydrogens is 330 g/mol. The lowest BCUT2D eigenvalue weighted by Crippen LogP contribution is -2.13. The van der Waals surface area contributed by atoms with Crippen molar-refractivity contribution in [3.63, 3.8) is 0 Å². The topological polar surface area (TPSA) is 65.8 Å². The molecule has 1 aromatic heterocycles. The largest absolute Gasteiger partial charge is 0.322 e. The van der Waals surface area contributed by atoms with E-state index in [1.807, 2.05) is 30.3 Å². The zero-order valence-corrected chi connectivity index (χ0v) is 14.2. The summed E-state index contributed by atoms with van der Waals surface area (Å²) in [5, 5.41) is 12.4. The lowest BCUT2D eigenvalue weighted by atomic mass is 10.2. The van der Waals surface area contributed by atoms with Crippen molar-refractivity contribution in [2.24, 2.45) is 0 Å². The van der Waals surface area contributed by atoms with Crippen molar-refractivity contribution in [2.45, 2.75) is 10.8 Å².